The predicted molar refractivity (Wildman–Crippen MR) is 139 cm³/mol. The zero-order valence-corrected chi connectivity index (χ0v) is 20.3. The van der Waals surface area contributed by atoms with Crippen LogP contribution in [0.1, 0.15) is 41.6 Å². The molecular weight excluding hydrogens is 439 g/mol. The summed E-state index contributed by atoms with van der Waals surface area (Å²) in [5.41, 5.74) is 3.16. The van der Waals surface area contributed by atoms with Crippen LogP contribution in [-0.4, -0.2) is 44.2 Å². The minimum Gasteiger partial charge on any atom is -0.337 e. The van der Waals surface area contributed by atoms with Gasteiger partial charge in [-0.2, -0.15) is 0 Å². The number of urea groups is 1. The monoisotopic (exact) mass is 474 g/mol. The summed E-state index contributed by atoms with van der Waals surface area (Å²) in [6.45, 7) is 3.24. The van der Waals surface area contributed by atoms with Gasteiger partial charge in [0.25, 0.3) is 0 Å². The van der Waals surface area contributed by atoms with E-state index in [2.05, 4.69) is 27.9 Å². The number of likely N-dealkylation sites (tertiary alicyclic amines) is 1. The standard InChI is InChI=1S/C29H35FN4O/c1-34-20-16-25(17-21-34)27(24-12-14-26(30)15-13-24)31-18-19-32-29(35)33-28(22-8-4-2-5-9-22)23-10-6-3-7-11-23/h2-15,25,27-28,31H,16-21H2,1H3,(H2,32,33,35). The van der Waals surface area contributed by atoms with E-state index in [0.29, 0.717) is 19.0 Å². The molecule has 1 unspecified atom stereocenters. The lowest BCUT2D eigenvalue weighted by molar-refractivity contribution is 0.184. The number of nitrogens with zero attached hydrogens (tertiary/aromatic N) is 1. The number of halogens is 1. The van der Waals surface area contributed by atoms with Gasteiger partial charge in [-0.05, 0) is 67.7 Å². The molecule has 0 spiro atoms. The number of amides is 2. The number of piperidine rings is 1. The Bertz CT molecular complexity index is 998. The number of hydrogen-bond donors (Lipinski definition) is 3. The Hall–Kier alpha value is -3.22. The normalized spacial score (nSPS) is 15.6. The Morgan fingerprint density at radius 2 is 1.43 bits per heavy atom. The summed E-state index contributed by atoms with van der Waals surface area (Å²) in [6, 6.07) is 26.4. The van der Waals surface area contributed by atoms with Crippen molar-refractivity contribution in [3.05, 3.63) is 107 Å². The van der Waals surface area contributed by atoms with Gasteiger partial charge >= 0.3 is 6.03 Å². The highest BCUT2D eigenvalue weighted by Crippen LogP contribution is 2.30. The Balaban J connectivity index is 1.34. The first-order valence-electron chi connectivity index (χ1n) is 12.4. The summed E-state index contributed by atoms with van der Waals surface area (Å²) in [5, 5.41) is 9.75. The van der Waals surface area contributed by atoms with Crippen LogP contribution in [-0.2, 0) is 0 Å². The maximum absolute atomic E-state index is 13.5. The van der Waals surface area contributed by atoms with Gasteiger partial charge in [-0.25, -0.2) is 9.18 Å². The molecule has 1 heterocycles. The van der Waals surface area contributed by atoms with Crippen molar-refractivity contribution in [2.24, 2.45) is 5.92 Å². The molecule has 1 atom stereocenters. The maximum atomic E-state index is 13.5. The molecule has 5 nitrogen and oxygen atoms in total. The van der Waals surface area contributed by atoms with Crippen LogP contribution in [0.2, 0.25) is 0 Å². The lowest BCUT2D eigenvalue weighted by Crippen LogP contribution is -2.43. The molecule has 3 aromatic carbocycles. The van der Waals surface area contributed by atoms with Crippen LogP contribution in [0.3, 0.4) is 0 Å². The molecule has 0 aliphatic carbocycles. The van der Waals surface area contributed by atoms with E-state index in [1.165, 1.54) is 12.1 Å². The number of rotatable bonds is 9. The van der Waals surface area contributed by atoms with Crippen LogP contribution in [0, 0.1) is 11.7 Å². The zero-order chi connectivity index (χ0) is 24.5. The Morgan fingerprint density at radius 3 is 2.00 bits per heavy atom. The van der Waals surface area contributed by atoms with Crippen molar-refractivity contribution in [2.75, 3.05) is 33.2 Å². The number of carbonyl (C=O) groups is 1. The van der Waals surface area contributed by atoms with Gasteiger partial charge in [-0.3, -0.25) is 0 Å². The molecule has 1 fully saturated rings. The first-order chi connectivity index (χ1) is 17.1. The fourth-order valence-electron chi connectivity index (χ4n) is 4.82. The summed E-state index contributed by atoms with van der Waals surface area (Å²) in [5.74, 6) is 0.256. The minimum atomic E-state index is -0.225. The van der Waals surface area contributed by atoms with Gasteiger partial charge in [0.15, 0.2) is 0 Å². The zero-order valence-electron chi connectivity index (χ0n) is 20.3. The van der Waals surface area contributed by atoms with E-state index in [1.807, 2.05) is 72.8 Å². The summed E-state index contributed by atoms with van der Waals surface area (Å²) in [4.78, 5) is 15.1. The second-order valence-electron chi connectivity index (χ2n) is 9.28. The average Bonchev–Trinajstić information content (AvgIpc) is 2.90. The van der Waals surface area contributed by atoms with Crippen molar-refractivity contribution >= 4 is 6.03 Å². The van der Waals surface area contributed by atoms with Gasteiger partial charge in [0, 0.05) is 19.1 Å². The molecule has 3 N–H and O–H groups in total. The van der Waals surface area contributed by atoms with Crippen LogP contribution in [0.5, 0.6) is 0 Å². The highest BCUT2D eigenvalue weighted by Gasteiger charge is 2.26. The van der Waals surface area contributed by atoms with E-state index in [0.717, 1.165) is 42.6 Å². The Labute approximate surface area is 207 Å². The van der Waals surface area contributed by atoms with Crippen LogP contribution >= 0.6 is 0 Å². The van der Waals surface area contributed by atoms with Crippen molar-refractivity contribution in [2.45, 2.75) is 24.9 Å². The molecule has 0 aromatic heterocycles. The highest BCUT2D eigenvalue weighted by molar-refractivity contribution is 5.75. The van der Waals surface area contributed by atoms with Gasteiger partial charge in [0.2, 0.25) is 0 Å². The molecule has 6 heteroatoms. The SMILES string of the molecule is CN1CCC(C(NCCNC(=O)NC(c2ccccc2)c2ccccc2)c2ccc(F)cc2)CC1. The van der Waals surface area contributed by atoms with Gasteiger partial charge in [-0.1, -0.05) is 72.8 Å². The summed E-state index contributed by atoms with van der Waals surface area (Å²) in [6.07, 6.45) is 2.19. The van der Waals surface area contributed by atoms with Crippen molar-refractivity contribution in [1.29, 1.82) is 0 Å². The third-order valence-electron chi connectivity index (χ3n) is 6.78. The van der Waals surface area contributed by atoms with Crippen molar-refractivity contribution in [3.8, 4) is 0 Å². The van der Waals surface area contributed by atoms with Crippen LogP contribution in [0.4, 0.5) is 9.18 Å². The maximum Gasteiger partial charge on any atom is 0.315 e. The third-order valence-corrected chi connectivity index (χ3v) is 6.78. The second-order valence-corrected chi connectivity index (χ2v) is 9.28. The summed E-state index contributed by atoms with van der Waals surface area (Å²) in [7, 11) is 2.15. The van der Waals surface area contributed by atoms with Crippen molar-refractivity contribution in [3.63, 3.8) is 0 Å². The number of carbonyl (C=O) groups excluding carboxylic acids is 1. The predicted octanol–water partition coefficient (Wildman–Crippen LogP) is 4.89. The first-order valence-corrected chi connectivity index (χ1v) is 12.4. The molecule has 4 rings (SSSR count). The van der Waals surface area contributed by atoms with E-state index < -0.39 is 0 Å². The van der Waals surface area contributed by atoms with Gasteiger partial charge in [0.1, 0.15) is 5.82 Å². The molecular formula is C29H35FN4O. The lowest BCUT2D eigenvalue weighted by Gasteiger charge is -2.35. The summed E-state index contributed by atoms with van der Waals surface area (Å²) >= 11 is 0. The molecule has 184 valence electrons. The topological polar surface area (TPSA) is 56.4 Å². The van der Waals surface area contributed by atoms with Crippen LogP contribution in [0.25, 0.3) is 0 Å². The molecule has 0 radical (unpaired) electrons. The van der Waals surface area contributed by atoms with E-state index >= 15 is 0 Å². The second kappa shape index (κ2) is 12.5. The van der Waals surface area contributed by atoms with Crippen molar-refractivity contribution < 1.29 is 9.18 Å². The first kappa shape index (κ1) is 24.9. The molecule has 35 heavy (non-hydrogen) atoms. The van der Waals surface area contributed by atoms with E-state index in [9.17, 15) is 9.18 Å². The fraction of sp³-hybridized carbons (Fsp3) is 0.345. The van der Waals surface area contributed by atoms with Crippen molar-refractivity contribution in [1.82, 2.24) is 20.9 Å². The number of hydrogen-bond acceptors (Lipinski definition) is 3. The Kier molecular flexibility index (Phi) is 8.87. The van der Waals surface area contributed by atoms with E-state index in [4.69, 9.17) is 0 Å². The molecule has 1 saturated heterocycles. The number of benzene rings is 3. The van der Waals surface area contributed by atoms with Crippen LogP contribution in [0.15, 0.2) is 84.9 Å². The van der Waals surface area contributed by atoms with Gasteiger partial charge < -0.3 is 20.9 Å². The lowest BCUT2D eigenvalue weighted by atomic mass is 9.85. The molecule has 1 aliphatic rings. The van der Waals surface area contributed by atoms with E-state index in [1.54, 1.807) is 0 Å². The molecule has 1 aliphatic heterocycles. The smallest absolute Gasteiger partial charge is 0.315 e. The number of nitrogens with one attached hydrogen (secondary N) is 3. The average molecular weight is 475 g/mol. The minimum absolute atomic E-state index is 0.135. The van der Waals surface area contributed by atoms with Crippen LogP contribution < -0.4 is 16.0 Å². The highest BCUT2D eigenvalue weighted by atomic mass is 19.1. The third kappa shape index (κ3) is 7.13. The Morgan fingerprint density at radius 1 is 0.857 bits per heavy atom. The fourth-order valence-corrected chi connectivity index (χ4v) is 4.82. The van der Waals surface area contributed by atoms with Gasteiger partial charge in [-0.15, -0.1) is 0 Å². The molecule has 0 bridgehead atoms. The van der Waals surface area contributed by atoms with Gasteiger partial charge in [0.05, 0.1) is 6.04 Å². The summed E-state index contributed by atoms with van der Waals surface area (Å²) < 4.78 is 13.5. The molecule has 0 saturated carbocycles. The largest absolute Gasteiger partial charge is 0.337 e. The molecule has 2 amide bonds. The van der Waals surface area contributed by atoms with E-state index in [-0.39, 0.29) is 23.9 Å². The quantitative estimate of drug-likeness (QED) is 0.387. The molecule has 3 aromatic rings.